The number of benzene rings is 3. The van der Waals surface area contributed by atoms with Crippen molar-refractivity contribution in [2.24, 2.45) is 0 Å². The summed E-state index contributed by atoms with van der Waals surface area (Å²) in [7, 11) is 0. The first-order valence-corrected chi connectivity index (χ1v) is 34.1. The van der Waals surface area contributed by atoms with E-state index >= 15 is 0 Å². The molecule has 0 bridgehead atoms. The van der Waals surface area contributed by atoms with E-state index in [0.29, 0.717) is 176 Å². The smallest absolute Gasteiger partial charge is 0.315 e. The Balaban J connectivity index is 0.521. The van der Waals surface area contributed by atoms with E-state index in [4.69, 9.17) is 42.6 Å². The van der Waals surface area contributed by atoms with Gasteiger partial charge in [0.05, 0.1) is 142 Å². The average Bonchev–Trinajstić information content (AvgIpc) is 1.54. The number of aromatic hydroxyl groups is 1. The molecule has 2 aromatic heterocycles. The molecule has 91 heavy (non-hydrogen) atoms. The summed E-state index contributed by atoms with van der Waals surface area (Å²) in [5.41, 5.74) is 7.92. The van der Waals surface area contributed by atoms with E-state index < -0.39 is 0 Å². The van der Waals surface area contributed by atoms with Crippen LogP contribution in [-0.2, 0) is 81.3 Å². The molecule has 5 amide bonds. The van der Waals surface area contributed by atoms with Crippen LogP contribution in [0.15, 0.2) is 48.7 Å². The number of carbonyl (C=O) groups is 5. The predicted molar refractivity (Wildman–Crippen MR) is 351 cm³/mol. The van der Waals surface area contributed by atoms with Crippen LogP contribution >= 0.6 is 11.8 Å². The molecule has 3 aliphatic rings. The van der Waals surface area contributed by atoms with Gasteiger partial charge < -0.3 is 89.2 Å². The number of amides is 5. The lowest BCUT2D eigenvalue weighted by molar-refractivity contribution is -0.143. The number of nitrogens with one attached hydrogen (secondary N) is 7. The molecule has 3 atom stereocenters. The fourth-order valence-electron chi connectivity index (χ4n) is 11.9. The first-order valence-electron chi connectivity index (χ1n) is 33.0. The lowest BCUT2D eigenvalue weighted by Crippen LogP contribution is -2.36. The van der Waals surface area contributed by atoms with Crippen LogP contribution in [0, 0.1) is 0 Å². The van der Waals surface area contributed by atoms with Crippen molar-refractivity contribution in [2.75, 3.05) is 144 Å². The zero-order chi connectivity index (χ0) is 63.7. The van der Waals surface area contributed by atoms with Gasteiger partial charge in [-0.25, -0.2) is 4.79 Å². The maximum Gasteiger partial charge on any atom is 0.315 e. The number of carbonyl (C=O) groups excluding carboxylic acids is 5. The number of thioether (sulfide) groups is 1. The van der Waals surface area contributed by atoms with Gasteiger partial charge in [0.2, 0.25) is 17.7 Å². The topological polar surface area (TPSA) is 282 Å². The van der Waals surface area contributed by atoms with Gasteiger partial charge in [0, 0.05) is 104 Å². The minimum Gasteiger partial charge on any atom is -0.494 e. The zero-order valence-corrected chi connectivity index (χ0v) is 54.1. The normalized spacial score (nSPS) is 15.7. The number of urea groups is 1. The highest BCUT2D eigenvalue weighted by Crippen LogP contribution is 2.50. The van der Waals surface area contributed by atoms with Crippen molar-refractivity contribution in [1.29, 1.82) is 0 Å². The lowest BCUT2D eigenvalue weighted by Gasteiger charge is -2.16. The molecule has 8 rings (SSSR count). The van der Waals surface area contributed by atoms with Crippen molar-refractivity contribution in [3.8, 4) is 17.0 Å². The Kier molecular flexibility index (Phi) is 31.2. The van der Waals surface area contributed by atoms with Gasteiger partial charge in [0.15, 0.2) is 5.88 Å². The van der Waals surface area contributed by atoms with Crippen molar-refractivity contribution in [1.82, 2.24) is 41.5 Å². The average molecular weight is 1290 g/mol. The molecule has 3 aromatic carbocycles. The Morgan fingerprint density at radius 2 is 1.18 bits per heavy atom. The highest BCUT2D eigenvalue weighted by molar-refractivity contribution is 8.00. The molecule has 0 saturated carbocycles. The van der Waals surface area contributed by atoms with Crippen molar-refractivity contribution >= 4 is 74.1 Å². The molecule has 4 heterocycles. The first kappa shape index (κ1) is 70.8. The molecule has 0 unspecified atom stereocenters. The summed E-state index contributed by atoms with van der Waals surface area (Å²) in [4.78, 5) is 63.8. The Labute approximate surface area is 538 Å². The molecule has 2 saturated heterocycles. The second-order valence-corrected chi connectivity index (χ2v) is 24.3. The van der Waals surface area contributed by atoms with Crippen molar-refractivity contribution in [2.45, 2.75) is 127 Å². The van der Waals surface area contributed by atoms with Crippen molar-refractivity contribution in [3.05, 3.63) is 65.4 Å². The monoisotopic (exact) mass is 1290 g/mol. The lowest BCUT2D eigenvalue weighted by atomic mass is 9.96. The molecular formula is C67H98N8O15S. The van der Waals surface area contributed by atoms with Gasteiger partial charge in [0.1, 0.15) is 0 Å². The third-order valence-corrected chi connectivity index (χ3v) is 17.9. The molecule has 8 N–H and O–H groups in total. The van der Waals surface area contributed by atoms with Crippen LogP contribution in [0.3, 0.4) is 0 Å². The summed E-state index contributed by atoms with van der Waals surface area (Å²) in [6.07, 6.45) is 12.1. The van der Waals surface area contributed by atoms with Crippen molar-refractivity contribution in [3.63, 3.8) is 0 Å². The fourth-order valence-corrected chi connectivity index (χ4v) is 13.5. The molecule has 23 nitrogen and oxygen atoms in total. The number of rotatable bonds is 50. The predicted octanol–water partition coefficient (Wildman–Crippen LogP) is 6.92. The van der Waals surface area contributed by atoms with Gasteiger partial charge in [-0.05, 0) is 85.4 Å². The summed E-state index contributed by atoms with van der Waals surface area (Å²) in [6.45, 7) is 12.9. The number of nitrogens with zero attached hydrogens (tertiary/aromatic N) is 1. The number of aromatic nitrogens is 2. The van der Waals surface area contributed by atoms with Crippen LogP contribution in [0.25, 0.3) is 43.7 Å². The largest absolute Gasteiger partial charge is 0.494 e. The number of aromatic amines is 1. The van der Waals surface area contributed by atoms with Gasteiger partial charge >= 0.3 is 12.0 Å². The van der Waals surface area contributed by atoms with Crippen LogP contribution in [0.2, 0.25) is 0 Å². The molecule has 2 fully saturated rings. The SMILES string of the molecule is CCOC(=O)CCn1c2ccc(CNCCOCCOCCOCCOCCOCCOCCOCCOCCNC(=O)CCCCCNC(=O)CCCCCNC(=O)CCCC[C@@H]3SC[C@@H]4NC(=O)N[C@@H]43)cc2c2c3c(O)[nH]cc3c3c(c21)Cc1ccccc1-3. The van der Waals surface area contributed by atoms with E-state index in [9.17, 15) is 29.1 Å². The number of fused-ring (bicyclic) bond motifs is 11. The Hall–Kier alpha value is -6.06. The first-order chi connectivity index (χ1) is 44.7. The summed E-state index contributed by atoms with van der Waals surface area (Å²) in [5, 5.41) is 33.8. The van der Waals surface area contributed by atoms with Crippen LogP contribution in [0.5, 0.6) is 5.88 Å². The second-order valence-electron chi connectivity index (χ2n) is 23.0. The standard InChI is InChI=1S/C67H98N8O15S/c1-2-90-60(79)21-26-75-55-20-19-48(43-51(55)62-63-53(46-72-66(63)80)61-50-14-8-7-13-49(50)44-52(61)65(62)75)45-68-24-27-82-29-31-84-33-35-86-37-39-88-41-42-89-40-38-87-36-34-85-32-30-83-28-25-71-59(78)17-6-4-12-22-69-57(76)16-5-3-11-23-70-58(77)18-10-9-15-56-64-54(47-91-56)73-67(81)74-64/h7-8,13-14,19-20,43,46,54,56,64,68,72,80H,2-6,9-12,15-18,21-42,44-45,47H2,1H3,(H,69,76)(H,70,77)(H,71,78)(H2,73,74,81)/t54-,56-,64-/m0/s1. The maximum absolute atomic E-state index is 12.6. The number of ether oxygens (including phenoxy) is 9. The maximum atomic E-state index is 12.6. The van der Waals surface area contributed by atoms with Crippen LogP contribution < -0.4 is 31.9 Å². The zero-order valence-electron chi connectivity index (χ0n) is 53.2. The second kappa shape index (κ2) is 40.1. The molecular weight excluding hydrogens is 1190 g/mol. The van der Waals surface area contributed by atoms with E-state index in [1.165, 1.54) is 16.7 Å². The number of aryl methyl sites for hydroxylation is 1. The fraction of sp³-hybridized carbons (Fsp3) is 0.627. The summed E-state index contributed by atoms with van der Waals surface area (Å²) < 4.78 is 52.5. The molecule has 0 radical (unpaired) electrons. The molecule has 502 valence electrons. The third-order valence-electron chi connectivity index (χ3n) is 16.4. The van der Waals surface area contributed by atoms with Crippen LogP contribution in [0.1, 0.15) is 107 Å². The van der Waals surface area contributed by atoms with E-state index in [0.717, 1.165) is 114 Å². The number of esters is 1. The summed E-state index contributed by atoms with van der Waals surface area (Å²) in [6, 6.07) is 15.3. The van der Waals surface area contributed by atoms with E-state index in [2.05, 4.69) is 83.9 Å². The highest BCUT2D eigenvalue weighted by atomic mass is 32.2. The number of unbranched alkanes of at least 4 members (excludes halogenated alkanes) is 5. The third kappa shape index (κ3) is 22.9. The molecule has 1 aliphatic carbocycles. The highest BCUT2D eigenvalue weighted by Gasteiger charge is 2.42. The molecule has 24 heteroatoms. The van der Waals surface area contributed by atoms with Crippen LogP contribution in [0.4, 0.5) is 4.79 Å². The summed E-state index contributed by atoms with van der Waals surface area (Å²) >= 11 is 1.90. The number of hydrogen-bond acceptors (Lipinski definition) is 17. The van der Waals surface area contributed by atoms with Gasteiger partial charge in [0.25, 0.3) is 0 Å². The number of H-pyrrole nitrogens is 1. The van der Waals surface area contributed by atoms with Crippen molar-refractivity contribution < 1.29 is 71.7 Å². The van der Waals surface area contributed by atoms with E-state index in [1.807, 2.05) is 24.9 Å². The van der Waals surface area contributed by atoms with Gasteiger partial charge in [-0.2, -0.15) is 11.8 Å². The Morgan fingerprint density at radius 1 is 0.615 bits per heavy atom. The van der Waals surface area contributed by atoms with E-state index in [-0.39, 0.29) is 54.1 Å². The molecule has 0 spiro atoms. The van der Waals surface area contributed by atoms with Gasteiger partial charge in [-0.3, -0.25) is 19.2 Å². The number of hydrogen-bond donors (Lipinski definition) is 8. The van der Waals surface area contributed by atoms with E-state index in [1.54, 1.807) is 0 Å². The summed E-state index contributed by atoms with van der Waals surface area (Å²) in [5.74, 6) is 0.953. The molecule has 5 aromatic rings. The Bertz CT molecular complexity index is 3050. The van der Waals surface area contributed by atoms with Crippen LogP contribution in [-0.4, -0.2) is 206 Å². The van der Waals surface area contributed by atoms with Gasteiger partial charge in [-0.15, -0.1) is 0 Å². The minimum atomic E-state index is -0.234. The minimum absolute atomic E-state index is 0.00991. The Morgan fingerprint density at radius 3 is 1.78 bits per heavy atom. The molecule has 2 aliphatic heterocycles. The van der Waals surface area contributed by atoms with Gasteiger partial charge in [-0.1, -0.05) is 49.6 Å². The quantitative estimate of drug-likeness (QED) is 0.0109.